The number of hydrogen-bond donors (Lipinski definition) is 1. The summed E-state index contributed by atoms with van der Waals surface area (Å²) in [7, 11) is 1.92. The van der Waals surface area contributed by atoms with Gasteiger partial charge in [-0.15, -0.1) is 0 Å². The van der Waals surface area contributed by atoms with Crippen LogP contribution in [0.15, 0.2) is 48.7 Å². The molecule has 0 bridgehead atoms. The Bertz CT molecular complexity index is 735. The van der Waals surface area contributed by atoms with Crippen LogP contribution in [0.25, 0.3) is 22.3 Å². The number of fused-ring (bicyclic) bond motifs is 1. The molecular formula is C16H15N3. The smallest absolute Gasteiger partial charge is 0.0894 e. The predicted molar refractivity (Wildman–Crippen MR) is 79.3 cm³/mol. The van der Waals surface area contributed by atoms with Gasteiger partial charge in [0.2, 0.25) is 0 Å². The molecule has 19 heavy (non-hydrogen) atoms. The largest absolute Gasteiger partial charge is 0.388 e. The van der Waals surface area contributed by atoms with Crippen molar-refractivity contribution >= 4 is 16.7 Å². The van der Waals surface area contributed by atoms with Gasteiger partial charge in [0.15, 0.2) is 0 Å². The van der Waals surface area contributed by atoms with E-state index in [1.54, 1.807) is 6.20 Å². The summed E-state index contributed by atoms with van der Waals surface area (Å²) in [5, 5.41) is 3.16. The van der Waals surface area contributed by atoms with Gasteiger partial charge in [-0.1, -0.05) is 6.07 Å². The molecule has 0 aliphatic carbocycles. The summed E-state index contributed by atoms with van der Waals surface area (Å²) in [6.07, 6.45) is 1.79. The van der Waals surface area contributed by atoms with Crippen molar-refractivity contribution in [2.45, 2.75) is 6.92 Å². The maximum Gasteiger partial charge on any atom is 0.0894 e. The van der Waals surface area contributed by atoms with Gasteiger partial charge >= 0.3 is 0 Å². The molecule has 1 N–H and O–H groups in total. The highest BCUT2D eigenvalue weighted by molar-refractivity contribution is 5.79. The van der Waals surface area contributed by atoms with Crippen LogP contribution < -0.4 is 5.32 Å². The van der Waals surface area contributed by atoms with Crippen LogP contribution >= 0.6 is 0 Å². The Morgan fingerprint density at radius 2 is 1.89 bits per heavy atom. The minimum atomic E-state index is 0.925. The molecule has 3 rings (SSSR count). The monoisotopic (exact) mass is 249 g/mol. The summed E-state index contributed by atoms with van der Waals surface area (Å²) >= 11 is 0. The van der Waals surface area contributed by atoms with Crippen LogP contribution in [0.2, 0.25) is 0 Å². The highest BCUT2D eigenvalue weighted by atomic mass is 14.8. The maximum absolute atomic E-state index is 4.69. The summed E-state index contributed by atoms with van der Waals surface area (Å²) in [6.45, 7) is 2.10. The van der Waals surface area contributed by atoms with E-state index in [0.29, 0.717) is 0 Å². The average Bonchev–Trinajstić information content (AvgIpc) is 2.47. The fourth-order valence-corrected chi connectivity index (χ4v) is 2.16. The van der Waals surface area contributed by atoms with E-state index >= 15 is 0 Å². The van der Waals surface area contributed by atoms with Gasteiger partial charge in [0.05, 0.1) is 16.7 Å². The average molecular weight is 249 g/mol. The van der Waals surface area contributed by atoms with Gasteiger partial charge in [0.25, 0.3) is 0 Å². The van der Waals surface area contributed by atoms with E-state index in [-0.39, 0.29) is 0 Å². The van der Waals surface area contributed by atoms with Crippen molar-refractivity contribution in [2.24, 2.45) is 0 Å². The van der Waals surface area contributed by atoms with Gasteiger partial charge in [-0.2, -0.15) is 0 Å². The van der Waals surface area contributed by atoms with Crippen LogP contribution in [-0.4, -0.2) is 17.0 Å². The van der Waals surface area contributed by atoms with E-state index in [1.807, 2.05) is 31.3 Å². The second-order valence-electron chi connectivity index (χ2n) is 4.52. The molecule has 0 aliphatic heterocycles. The molecule has 0 unspecified atom stereocenters. The molecule has 0 aliphatic rings. The third kappa shape index (κ3) is 2.15. The lowest BCUT2D eigenvalue weighted by Crippen LogP contribution is -1.93. The SMILES string of the molecule is CNc1ccc(C)c(-c2ccc3ncccc3n2)c1. The van der Waals surface area contributed by atoms with Crippen molar-refractivity contribution < 1.29 is 0 Å². The summed E-state index contributed by atoms with van der Waals surface area (Å²) in [5.74, 6) is 0. The van der Waals surface area contributed by atoms with E-state index in [4.69, 9.17) is 4.98 Å². The molecular weight excluding hydrogens is 234 g/mol. The van der Waals surface area contributed by atoms with E-state index in [2.05, 4.69) is 35.4 Å². The minimum Gasteiger partial charge on any atom is -0.388 e. The van der Waals surface area contributed by atoms with Crippen molar-refractivity contribution in [2.75, 3.05) is 12.4 Å². The molecule has 0 fully saturated rings. The third-order valence-electron chi connectivity index (χ3n) is 3.26. The molecule has 3 heteroatoms. The van der Waals surface area contributed by atoms with Crippen LogP contribution in [-0.2, 0) is 0 Å². The molecule has 0 atom stereocenters. The van der Waals surface area contributed by atoms with Crippen LogP contribution in [0.5, 0.6) is 0 Å². The number of nitrogens with zero attached hydrogens (tertiary/aromatic N) is 2. The van der Waals surface area contributed by atoms with E-state index in [0.717, 1.165) is 28.0 Å². The number of nitrogens with one attached hydrogen (secondary N) is 1. The van der Waals surface area contributed by atoms with Crippen molar-refractivity contribution in [1.29, 1.82) is 0 Å². The first-order valence-electron chi connectivity index (χ1n) is 6.28. The number of aromatic nitrogens is 2. The van der Waals surface area contributed by atoms with Crippen LogP contribution in [0.4, 0.5) is 5.69 Å². The Kier molecular flexibility index (Phi) is 2.88. The van der Waals surface area contributed by atoms with Crippen LogP contribution in [0.1, 0.15) is 5.56 Å². The van der Waals surface area contributed by atoms with E-state index < -0.39 is 0 Å². The first kappa shape index (κ1) is 11.7. The molecule has 0 saturated heterocycles. The Morgan fingerprint density at radius 1 is 1.00 bits per heavy atom. The quantitative estimate of drug-likeness (QED) is 0.753. The number of anilines is 1. The molecule has 0 spiro atoms. The number of benzene rings is 1. The number of aryl methyl sites for hydroxylation is 1. The van der Waals surface area contributed by atoms with Gasteiger partial charge in [-0.05, 0) is 48.9 Å². The molecule has 94 valence electrons. The molecule has 3 nitrogen and oxygen atoms in total. The predicted octanol–water partition coefficient (Wildman–Crippen LogP) is 3.65. The second kappa shape index (κ2) is 4.69. The van der Waals surface area contributed by atoms with Crippen LogP contribution in [0.3, 0.4) is 0 Å². The van der Waals surface area contributed by atoms with Gasteiger partial charge in [0.1, 0.15) is 0 Å². The van der Waals surface area contributed by atoms with Crippen LogP contribution in [0, 0.1) is 6.92 Å². The zero-order valence-corrected chi connectivity index (χ0v) is 11.0. The zero-order valence-electron chi connectivity index (χ0n) is 11.0. The van der Waals surface area contributed by atoms with Gasteiger partial charge < -0.3 is 5.32 Å². The summed E-state index contributed by atoms with van der Waals surface area (Å²) in [6, 6.07) is 14.2. The van der Waals surface area contributed by atoms with E-state index in [1.165, 1.54) is 5.56 Å². The fourth-order valence-electron chi connectivity index (χ4n) is 2.16. The second-order valence-corrected chi connectivity index (χ2v) is 4.52. The molecule has 0 radical (unpaired) electrons. The normalized spacial score (nSPS) is 10.6. The summed E-state index contributed by atoms with van der Waals surface area (Å²) in [5.41, 5.74) is 6.29. The number of rotatable bonds is 2. The topological polar surface area (TPSA) is 37.8 Å². The molecule has 0 amide bonds. The lowest BCUT2D eigenvalue weighted by atomic mass is 10.0. The van der Waals surface area contributed by atoms with Crippen molar-refractivity contribution in [1.82, 2.24) is 9.97 Å². The number of pyridine rings is 2. The Labute approximate surface area is 112 Å². The highest BCUT2D eigenvalue weighted by Gasteiger charge is 2.06. The maximum atomic E-state index is 4.69. The van der Waals surface area contributed by atoms with Crippen molar-refractivity contribution in [3.05, 3.63) is 54.2 Å². The van der Waals surface area contributed by atoms with Crippen molar-refractivity contribution in [3.8, 4) is 11.3 Å². The molecule has 3 aromatic rings. The fraction of sp³-hybridized carbons (Fsp3) is 0.125. The van der Waals surface area contributed by atoms with Gasteiger partial charge in [-0.25, -0.2) is 4.98 Å². The molecule has 2 heterocycles. The zero-order chi connectivity index (χ0) is 13.2. The van der Waals surface area contributed by atoms with Crippen molar-refractivity contribution in [3.63, 3.8) is 0 Å². The van der Waals surface area contributed by atoms with Gasteiger partial charge in [0, 0.05) is 24.5 Å². The lowest BCUT2D eigenvalue weighted by Gasteiger charge is -2.09. The Balaban J connectivity index is 2.18. The third-order valence-corrected chi connectivity index (χ3v) is 3.26. The molecule has 1 aromatic carbocycles. The lowest BCUT2D eigenvalue weighted by molar-refractivity contribution is 1.32. The first-order valence-corrected chi connectivity index (χ1v) is 6.28. The summed E-state index contributed by atoms with van der Waals surface area (Å²) < 4.78 is 0. The standard InChI is InChI=1S/C16H15N3/c1-11-5-6-12(17-2)10-13(11)14-7-8-15-16(19-14)4-3-9-18-15/h3-10,17H,1-2H3. The Hall–Kier alpha value is -2.42. The van der Waals surface area contributed by atoms with Gasteiger partial charge in [-0.3, -0.25) is 4.98 Å². The molecule has 0 saturated carbocycles. The Morgan fingerprint density at radius 3 is 2.74 bits per heavy atom. The van der Waals surface area contributed by atoms with E-state index in [9.17, 15) is 0 Å². The number of hydrogen-bond acceptors (Lipinski definition) is 3. The highest BCUT2D eigenvalue weighted by Crippen LogP contribution is 2.26. The minimum absolute atomic E-state index is 0.925. The molecule has 2 aromatic heterocycles. The summed E-state index contributed by atoms with van der Waals surface area (Å²) in [4.78, 5) is 8.99. The first-order chi connectivity index (χ1) is 9.28.